The van der Waals surface area contributed by atoms with E-state index in [0.29, 0.717) is 40.8 Å². The van der Waals surface area contributed by atoms with Crippen molar-refractivity contribution in [1.82, 2.24) is 29.5 Å². The molecule has 0 aliphatic rings. The molecule has 14 nitrogen and oxygen atoms in total. The number of aromatic nitrogens is 6. The lowest BCUT2D eigenvalue weighted by Gasteiger charge is -2.11. The lowest BCUT2D eigenvalue weighted by molar-refractivity contribution is 0.273. The van der Waals surface area contributed by atoms with Gasteiger partial charge in [-0.1, -0.05) is 30.4 Å². The van der Waals surface area contributed by atoms with E-state index in [-0.39, 0.29) is 53.9 Å². The van der Waals surface area contributed by atoms with Gasteiger partial charge in [0.1, 0.15) is 0 Å². The number of rotatable bonds is 11. The van der Waals surface area contributed by atoms with E-state index >= 15 is 0 Å². The molecule has 0 fully saturated rings. The first-order valence-corrected chi connectivity index (χ1v) is 12.7. The maximum Gasteiger partial charge on any atom is 0.280 e. The minimum atomic E-state index is -0.496. The maximum atomic E-state index is 12.3. The molecule has 0 bridgehead atoms. The van der Waals surface area contributed by atoms with Crippen LogP contribution in [0.15, 0.2) is 19.7 Å². The molecule has 1 atom stereocenters. The van der Waals surface area contributed by atoms with Crippen LogP contribution in [0.5, 0.6) is 0 Å². The molecular weight excluding hydrogens is 496 g/mol. The molecular formula is C19H28N10O4S2. The number of nitrogens with two attached hydrogens (primary N) is 3. The van der Waals surface area contributed by atoms with Crippen molar-refractivity contribution in [3.05, 3.63) is 26.4 Å². The van der Waals surface area contributed by atoms with Gasteiger partial charge in [-0.05, 0) is 18.8 Å². The lowest BCUT2D eigenvalue weighted by Crippen LogP contribution is -2.17. The molecule has 16 heteroatoms. The van der Waals surface area contributed by atoms with Gasteiger partial charge >= 0.3 is 0 Å². The number of nitrogens with one attached hydrogen (secondary N) is 2. The highest BCUT2D eigenvalue weighted by Crippen LogP contribution is 2.25. The summed E-state index contributed by atoms with van der Waals surface area (Å²) in [7, 11) is 0. The molecule has 3 aromatic heterocycles. The van der Waals surface area contributed by atoms with Crippen molar-refractivity contribution in [2.75, 3.05) is 36.2 Å². The predicted molar refractivity (Wildman–Crippen MR) is 138 cm³/mol. The van der Waals surface area contributed by atoms with Gasteiger partial charge in [-0.3, -0.25) is 19.6 Å². The molecule has 3 aromatic rings. The van der Waals surface area contributed by atoms with Crippen LogP contribution in [0.4, 0.5) is 17.6 Å². The van der Waals surface area contributed by atoms with Crippen molar-refractivity contribution in [3.8, 4) is 0 Å². The van der Waals surface area contributed by atoms with Gasteiger partial charge in [0.15, 0.2) is 27.2 Å². The molecule has 3 heterocycles. The van der Waals surface area contributed by atoms with Gasteiger partial charge in [0.05, 0.1) is 12.3 Å². The van der Waals surface area contributed by atoms with Crippen LogP contribution in [0.2, 0.25) is 0 Å². The number of aliphatic hydroxyl groups excluding tert-OH is 2. The molecule has 35 heavy (non-hydrogen) atoms. The van der Waals surface area contributed by atoms with Crippen LogP contribution in [0.1, 0.15) is 19.0 Å². The molecule has 0 aromatic carbocycles. The number of aliphatic imine (C=N–C) groups is 1. The van der Waals surface area contributed by atoms with Crippen molar-refractivity contribution in [2.45, 2.75) is 31.5 Å². The Balaban J connectivity index is 1.67. The number of imidazole rings is 1. The third-order valence-corrected chi connectivity index (χ3v) is 7.13. The van der Waals surface area contributed by atoms with Gasteiger partial charge in [0, 0.05) is 24.7 Å². The van der Waals surface area contributed by atoms with E-state index in [2.05, 4.69) is 29.9 Å². The highest BCUT2D eigenvalue weighted by Gasteiger charge is 2.17. The van der Waals surface area contributed by atoms with Gasteiger partial charge in [-0.2, -0.15) is 4.98 Å². The first-order valence-electron chi connectivity index (χ1n) is 10.7. The zero-order valence-electron chi connectivity index (χ0n) is 19.0. The van der Waals surface area contributed by atoms with Crippen LogP contribution in [-0.4, -0.2) is 69.6 Å². The molecule has 0 radical (unpaired) electrons. The summed E-state index contributed by atoms with van der Waals surface area (Å²) in [6.45, 7) is 2.03. The smallest absolute Gasteiger partial charge is 0.280 e. The molecule has 0 spiro atoms. The van der Waals surface area contributed by atoms with E-state index in [1.165, 1.54) is 23.5 Å². The summed E-state index contributed by atoms with van der Waals surface area (Å²) in [5.74, 6) is 1.33. The first-order chi connectivity index (χ1) is 16.7. The Labute approximate surface area is 207 Å². The van der Waals surface area contributed by atoms with Crippen molar-refractivity contribution in [1.29, 1.82) is 0 Å². The number of aliphatic hydroxyl groups is 2. The topological polar surface area (TPSA) is 240 Å². The third kappa shape index (κ3) is 6.74. The van der Waals surface area contributed by atoms with Crippen LogP contribution < -0.4 is 28.3 Å². The average Bonchev–Trinajstić information content (AvgIpc) is 3.14. The minimum Gasteiger partial charge on any atom is -0.396 e. The number of H-pyrrole nitrogens is 2. The lowest BCUT2D eigenvalue weighted by atomic mass is 10.2. The molecule has 0 aliphatic heterocycles. The highest BCUT2D eigenvalue weighted by molar-refractivity contribution is 8.13. The fraction of sp³-hybridized carbons (Fsp3) is 0.474. The van der Waals surface area contributed by atoms with Crippen molar-refractivity contribution >= 4 is 57.4 Å². The number of amidine groups is 1. The summed E-state index contributed by atoms with van der Waals surface area (Å²) in [6, 6.07) is 0. The molecule has 0 saturated carbocycles. The van der Waals surface area contributed by atoms with E-state index in [9.17, 15) is 14.7 Å². The van der Waals surface area contributed by atoms with Crippen LogP contribution in [0.25, 0.3) is 11.2 Å². The number of aromatic amines is 2. The number of hydrogen-bond donors (Lipinski definition) is 7. The number of aryl methyl sites for hydroxylation is 1. The van der Waals surface area contributed by atoms with Gasteiger partial charge in [-0.25, -0.2) is 15.0 Å². The molecule has 10 N–H and O–H groups in total. The van der Waals surface area contributed by atoms with E-state index in [1.807, 2.05) is 6.92 Å². The van der Waals surface area contributed by atoms with Crippen LogP contribution in [0.3, 0.4) is 0 Å². The Morgan fingerprint density at radius 2 is 1.80 bits per heavy atom. The Bertz CT molecular complexity index is 1320. The SMILES string of the molecule is CC(CS/C(N)=N/c1c(CCCO)nc(N)[nH]c1=O)CSc1nc2c(=O)[nH]c(N)nc2n1CCO. The second-order valence-corrected chi connectivity index (χ2v) is 9.67. The number of hydrogen-bond acceptors (Lipinski definition) is 12. The monoisotopic (exact) mass is 524 g/mol. The largest absolute Gasteiger partial charge is 0.396 e. The summed E-state index contributed by atoms with van der Waals surface area (Å²) in [5, 5.41) is 19.2. The third-order valence-electron chi connectivity index (χ3n) is 4.70. The summed E-state index contributed by atoms with van der Waals surface area (Å²) in [4.78, 5) is 46.1. The zero-order valence-corrected chi connectivity index (χ0v) is 20.7. The molecule has 1 unspecified atom stereocenters. The Kier molecular flexibility index (Phi) is 9.13. The van der Waals surface area contributed by atoms with Gasteiger partial charge in [0.25, 0.3) is 11.1 Å². The molecule has 0 aliphatic carbocycles. The maximum absolute atomic E-state index is 12.3. The molecule has 0 amide bonds. The van der Waals surface area contributed by atoms with Crippen LogP contribution in [-0.2, 0) is 13.0 Å². The summed E-state index contributed by atoms with van der Waals surface area (Å²) in [6.07, 6.45) is 0.751. The normalized spacial score (nSPS) is 12.9. The number of thioether (sulfide) groups is 2. The fourth-order valence-electron chi connectivity index (χ4n) is 3.12. The van der Waals surface area contributed by atoms with E-state index < -0.39 is 11.1 Å². The first kappa shape index (κ1) is 26.5. The van der Waals surface area contributed by atoms with Crippen LogP contribution >= 0.6 is 23.5 Å². The molecule has 3 rings (SSSR count). The number of anilines is 2. The summed E-state index contributed by atoms with van der Waals surface area (Å²) < 4.78 is 1.66. The number of nitrogen functional groups attached to an aromatic ring is 2. The zero-order chi connectivity index (χ0) is 25.5. The highest BCUT2D eigenvalue weighted by atomic mass is 32.2. The quantitative estimate of drug-likeness (QED) is 0.0944. The number of nitrogens with zero attached hydrogens (tertiary/aromatic N) is 5. The van der Waals surface area contributed by atoms with E-state index in [1.54, 1.807) is 4.57 Å². The Morgan fingerprint density at radius 3 is 2.51 bits per heavy atom. The second-order valence-electron chi connectivity index (χ2n) is 7.64. The average molecular weight is 525 g/mol. The Hall–Kier alpha value is -3.08. The van der Waals surface area contributed by atoms with Crippen LogP contribution in [0, 0.1) is 5.92 Å². The van der Waals surface area contributed by atoms with Gasteiger partial charge in [-0.15, -0.1) is 0 Å². The molecule has 0 saturated heterocycles. The van der Waals surface area contributed by atoms with E-state index in [4.69, 9.17) is 22.3 Å². The standard InChI is InChI=1S/C19H28N10O4S2/c1-9(7-34-18(22)24-11-10(3-2-5-30)23-16(20)27-14(11)32)8-35-19-25-12-13(29(19)4-6-31)26-17(21)28-15(12)33/h9,30-31H,2-8H2,1H3,(H2,22,24)(H3,20,23,27,32)(H3,21,26,28,33). The van der Waals surface area contributed by atoms with Gasteiger partial charge < -0.3 is 32.0 Å². The summed E-state index contributed by atoms with van der Waals surface area (Å²) in [5.41, 5.74) is 17.3. The summed E-state index contributed by atoms with van der Waals surface area (Å²) >= 11 is 2.70. The van der Waals surface area contributed by atoms with Crippen molar-refractivity contribution in [2.24, 2.45) is 16.6 Å². The molecule has 190 valence electrons. The fourth-order valence-corrected chi connectivity index (χ4v) is 5.04. The predicted octanol–water partition coefficient (Wildman–Crippen LogP) is -0.608. The van der Waals surface area contributed by atoms with Crippen molar-refractivity contribution < 1.29 is 10.2 Å². The number of fused-ring (bicyclic) bond motifs is 1. The Morgan fingerprint density at radius 1 is 1.09 bits per heavy atom. The van der Waals surface area contributed by atoms with E-state index in [0.717, 1.165) is 0 Å². The second kappa shape index (κ2) is 12.1. The van der Waals surface area contributed by atoms with Gasteiger partial charge in [0.2, 0.25) is 11.9 Å². The van der Waals surface area contributed by atoms with Crippen molar-refractivity contribution in [3.63, 3.8) is 0 Å². The minimum absolute atomic E-state index is 0.0210.